The van der Waals surface area contributed by atoms with Crippen LogP contribution in [0.5, 0.6) is 0 Å². The zero-order valence-electron chi connectivity index (χ0n) is 11.7. The number of nitrogens with zero attached hydrogens (tertiary/aromatic N) is 6. The summed E-state index contributed by atoms with van der Waals surface area (Å²) >= 11 is 0. The maximum Gasteiger partial charge on any atom is 0.240 e. The fourth-order valence-electron chi connectivity index (χ4n) is 2.37. The third kappa shape index (κ3) is 2.18. The molecule has 2 N–H and O–H groups in total. The van der Waals surface area contributed by atoms with E-state index < -0.39 is 0 Å². The SMILES string of the molecule is Nc1nc2ccnc(-c3cnn(Cc4ccccc4)c3)n2n1. The Kier molecular flexibility index (Phi) is 2.82. The topological polar surface area (TPSA) is 86.9 Å². The lowest BCUT2D eigenvalue weighted by molar-refractivity contribution is 0.687. The summed E-state index contributed by atoms with van der Waals surface area (Å²) in [6.07, 6.45) is 5.39. The van der Waals surface area contributed by atoms with Gasteiger partial charge in [-0.3, -0.25) is 4.68 Å². The second kappa shape index (κ2) is 4.96. The first-order valence-electron chi connectivity index (χ1n) is 6.83. The Balaban J connectivity index is 1.71. The second-order valence-electron chi connectivity index (χ2n) is 4.92. The lowest BCUT2D eigenvalue weighted by atomic mass is 10.2. The molecule has 0 bridgehead atoms. The molecule has 3 heterocycles. The van der Waals surface area contributed by atoms with Crippen molar-refractivity contribution in [3.8, 4) is 11.4 Å². The van der Waals surface area contributed by atoms with Crippen molar-refractivity contribution < 1.29 is 0 Å². The highest BCUT2D eigenvalue weighted by atomic mass is 15.4. The molecule has 108 valence electrons. The van der Waals surface area contributed by atoms with Crippen molar-refractivity contribution >= 4 is 11.6 Å². The van der Waals surface area contributed by atoms with Gasteiger partial charge in [0.1, 0.15) is 0 Å². The monoisotopic (exact) mass is 291 g/mol. The van der Waals surface area contributed by atoms with Gasteiger partial charge < -0.3 is 5.73 Å². The molecule has 0 fully saturated rings. The van der Waals surface area contributed by atoms with E-state index in [4.69, 9.17) is 5.73 Å². The first-order valence-corrected chi connectivity index (χ1v) is 6.83. The Morgan fingerprint density at radius 2 is 1.95 bits per heavy atom. The first kappa shape index (κ1) is 12.5. The Morgan fingerprint density at radius 1 is 1.09 bits per heavy atom. The summed E-state index contributed by atoms with van der Waals surface area (Å²) < 4.78 is 3.49. The van der Waals surface area contributed by atoms with Gasteiger partial charge in [-0.25, -0.2) is 4.98 Å². The molecule has 3 aromatic heterocycles. The Morgan fingerprint density at radius 3 is 2.82 bits per heavy atom. The normalized spacial score (nSPS) is 11.1. The molecule has 0 aliphatic heterocycles. The van der Waals surface area contributed by atoms with Gasteiger partial charge in [0.05, 0.1) is 18.3 Å². The van der Waals surface area contributed by atoms with E-state index in [2.05, 4.69) is 32.3 Å². The fraction of sp³-hybridized carbons (Fsp3) is 0.0667. The van der Waals surface area contributed by atoms with Crippen molar-refractivity contribution in [2.24, 2.45) is 0 Å². The maximum absolute atomic E-state index is 5.65. The highest BCUT2D eigenvalue weighted by molar-refractivity contribution is 5.57. The zero-order valence-corrected chi connectivity index (χ0v) is 11.7. The second-order valence-corrected chi connectivity index (χ2v) is 4.92. The lowest BCUT2D eigenvalue weighted by Crippen LogP contribution is -2.00. The maximum atomic E-state index is 5.65. The number of nitrogen functional groups attached to an aromatic ring is 1. The van der Waals surface area contributed by atoms with Gasteiger partial charge >= 0.3 is 0 Å². The van der Waals surface area contributed by atoms with E-state index in [0.717, 1.165) is 5.56 Å². The summed E-state index contributed by atoms with van der Waals surface area (Å²) in [4.78, 5) is 8.50. The van der Waals surface area contributed by atoms with Crippen LogP contribution in [0, 0.1) is 0 Å². The number of anilines is 1. The Bertz CT molecular complexity index is 923. The summed E-state index contributed by atoms with van der Waals surface area (Å²) in [5.41, 5.74) is 8.37. The van der Waals surface area contributed by atoms with Crippen LogP contribution in [0.2, 0.25) is 0 Å². The van der Waals surface area contributed by atoms with E-state index >= 15 is 0 Å². The molecule has 0 saturated heterocycles. The highest BCUT2D eigenvalue weighted by Gasteiger charge is 2.10. The summed E-state index contributed by atoms with van der Waals surface area (Å²) in [6, 6.07) is 11.9. The molecule has 0 spiro atoms. The van der Waals surface area contributed by atoms with Gasteiger partial charge in [-0.2, -0.15) is 14.6 Å². The van der Waals surface area contributed by atoms with E-state index in [-0.39, 0.29) is 5.95 Å². The average Bonchev–Trinajstić information content (AvgIpc) is 3.13. The molecule has 0 aliphatic rings. The summed E-state index contributed by atoms with van der Waals surface area (Å²) in [5, 5.41) is 8.55. The van der Waals surface area contributed by atoms with Gasteiger partial charge in [0.25, 0.3) is 0 Å². The number of fused-ring (bicyclic) bond motifs is 1. The minimum atomic E-state index is 0.228. The Hall–Kier alpha value is -3.22. The minimum Gasteiger partial charge on any atom is -0.366 e. The molecule has 4 aromatic rings. The van der Waals surface area contributed by atoms with Gasteiger partial charge in [-0.05, 0) is 5.56 Å². The number of hydrogen-bond donors (Lipinski definition) is 1. The first-order chi connectivity index (χ1) is 10.8. The van der Waals surface area contributed by atoms with Crippen LogP contribution in [0.15, 0.2) is 55.0 Å². The fourth-order valence-corrected chi connectivity index (χ4v) is 2.37. The number of hydrogen-bond acceptors (Lipinski definition) is 5. The van der Waals surface area contributed by atoms with Crippen LogP contribution in [-0.2, 0) is 6.54 Å². The van der Waals surface area contributed by atoms with Gasteiger partial charge in [-0.15, -0.1) is 5.10 Å². The molecule has 0 amide bonds. The van der Waals surface area contributed by atoms with Crippen LogP contribution in [0.3, 0.4) is 0 Å². The molecule has 4 rings (SSSR count). The van der Waals surface area contributed by atoms with Gasteiger partial charge in [-0.1, -0.05) is 30.3 Å². The number of aromatic nitrogens is 6. The van der Waals surface area contributed by atoms with Crippen LogP contribution < -0.4 is 5.73 Å². The van der Waals surface area contributed by atoms with Crippen molar-refractivity contribution in [2.75, 3.05) is 5.73 Å². The van der Waals surface area contributed by atoms with Crippen LogP contribution in [0.1, 0.15) is 5.56 Å². The van der Waals surface area contributed by atoms with Crippen molar-refractivity contribution in [1.29, 1.82) is 0 Å². The van der Waals surface area contributed by atoms with Crippen LogP contribution in [0.25, 0.3) is 17.0 Å². The Labute approximate surface area is 126 Å². The lowest BCUT2D eigenvalue weighted by Gasteiger charge is -2.01. The molecular formula is C15H13N7. The van der Waals surface area contributed by atoms with E-state index in [1.54, 1.807) is 23.0 Å². The van der Waals surface area contributed by atoms with Gasteiger partial charge in [0, 0.05) is 18.5 Å². The highest BCUT2D eigenvalue weighted by Crippen LogP contribution is 2.17. The van der Waals surface area contributed by atoms with Crippen molar-refractivity contribution in [1.82, 2.24) is 29.4 Å². The summed E-state index contributed by atoms with van der Waals surface area (Å²) in [6.45, 7) is 0.705. The molecule has 0 aliphatic carbocycles. The average molecular weight is 291 g/mol. The predicted octanol–water partition coefficient (Wildman–Crippen LogP) is 1.62. The van der Waals surface area contributed by atoms with Crippen molar-refractivity contribution in [3.05, 3.63) is 60.6 Å². The number of nitrogens with two attached hydrogens (primary N) is 1. The summed E-state index contributed by atoms with van der Waals surface area (Å²) in [5.74, 6) is 0.895. The molecular weight excluding hydrogens is 278 g/mol. The third-order valence-electron chi connectivity index (χ3n) is 3.35. The minimum absolute atomic E-state index is 0.228. The van der Waals surface area contributed by atoms with Crippen LogP contribution in [0.4, 0.5) is 5.95 Å². The van der Waals surface area contributed by atoms with E-state index in [0.29, 0.717) is 18.0 Å². The van der Waals surface area contributed by atoms with Crippen LogP contribution >= 0.6 is 0 Å². The number of rotatable bonds is 3. The van der Waals surface area contributed by atoms with Crippen molar-refractivity contribution in [2.45, 2.75) is 6.54 Å². The molecule has 0 saturated carbocycles. The summed E-state index contributed by atoms with van der Waals surface area (Å²) in [7, 11) is 0. The largest absolute Gasteiger partial charge is 0.366 e. The quantitative estimate of drug-likeness (QED) is 0.619. The molecule has 0 radical (unpaired) electrons. The molecule has 7 heteroatoms. The zero-order chi connectivity index (χ0) is 14.9. The van der Waals surface area contributed by atoms with Crippen LogP contribution in [-0.4, -0.2) is 29.4 Å². The van der Waals surface area contributed by atoms with Crippen molar-refractivity contribution in [3.63, 3.8) is 0 Å². The third-order valence-corrected chi connectivity index (χ3v) is 3.35. The number of benzene rings is 1. The molecule has 22 heavy (non-hydrogen) atoms. The standard InChI is InChI=1S/C15H13N7/c16-15-19-13-6-7-17-14(22(13)20-15)12-8-18-21(10-12)9-11-4-2-1-3-5-11/h1-8,10H,9H2,(H2,16,20). The molecule has 7 nitrogen and oxygen atoms in total. The van der Waals surface area contributed by atoms with Gasteiger partial charge in [0.15, 0.2) is 11.5 Å². The molecule has 1 aromatic carbocycles. The van der Waals surface area contributed by atoms with Gasteiger partial charge in [0.2, 0.25) is 5.95 Å². The predicted molar refractivity (Wildman–Crippen MR) is 82.0 cm³/mol. The molecule has 0 atom stereocenters. The smallest absolute Gasteiger partial charge is 0.240 e. The van der Waals surface area contributed by atoms with E-state index in [9.17, 15) is 0 Å². The molecule has 0 unspecified atom stereocenters. The van der Waals surface area contributed by atoms with E-state index in [1.165, 1.54) is 5.56 Å². The van der Waals surface area contributed by atoms with E-state index in [1.807, 2.05) is 29.1 Å².